The fourth-order valence-corrected chi connectivity index (χ4v) is 2.69. The first kappa shape index (κ1) is 15.9. The zero-order valence-corrected chi connectivity index (χ0v) is 14.4. The number of aryl methyl sites for hydroxylation is 1. The monoisotopic (exact) mass is 353 g/mol. The molecule has 3 heterocycles. The van der Waals surface area contributed by atoms with Crippen LogP contribution in [-0.4, -0.2) is 54.8 Å². The molecule has 132 valence electrons. The molecule has 4 rings (SSSR count). The average molecular weight is 353 g/mol. The van der Waals surface area contributed by atoms with Crippen LogP contribution in [0.5, 0.6) is 5.75 Å². The van der Waals surface area contributed by atoms with E-state index in [0.717, 1.165) is 11.3 Å². The van der Waals surface area contributed by atoms with E-state index in [9.17, 15) is 4.79 Å². The number of methoxy groups -OCH3 is 2. The zero-order chi connectivity index (χ0) is 18.3. The van der Waals surface area contributed by atoms with Crippen LogP contribution in [-0.2, 0) is 23.0 Å². The molecule has 0 spiro atoms. The van der Waals surface area contributed by atoms with Crippen molar-refractivity contribution in [2.45, 2.75) is 6.42 Å². The first-order chi connectivity index (χ1) is 12.6. The third-order valence-corrected chi connectivity index (χ3v) is 3.98. The van der Waals surface area contributed by atoms with Crippen molar-refractivity contribution in [2.24, 2.45) is 7.05 Å². The van der Waals surface area contributed by atoms with Crippen molar-refractivity contribution in [3.8, 4) is 17.1 Å². The van der Waals surface area contributed by atoms with Gasteiger partial charge in [0.25, 0.3) is 5.78 Å². The lowest BCUT2D eigenvalue weighted by Gasteiger charge is -1.99. The Labute approximate surface area is 147 Å². The third-order valence-electron chi connectivity index (χ3n) is 3.98. The lowest BCUT2D eigenvalue weighted by Crippen LogP contribution is -2.06. The summed E-state index contributed by atoms with van der Waals surface area (Å²) in [7, 11) is 4.69. The van der Waals surface area contributed by atoms with Crippen molar-refractivity contribution < 1.29 is 14.3 Å². The number of hydrogen-bond acceptors (Lipinski definition) is 8. The molecule has 0 aliphatic carbocycles. The van der Waals surface area contributed by atoms with E-state index in [1.807, 2.05) is 24.3 Å². The minimum Gasteiger partial charge on any atom is -0.497 e. The van der Waals surface area contributed by atoms with Gasteiger partial charge in [0.2, 0.25) is 0 Å². The Balaban J connectivity index is 1.85. The summed E-state index contributed by atoms with van der Waals surface area (Å²) in [5.74, 6) is 1.20. The van der Waals surface area contributed by atoms with Crippen LogP contribution in [0.2, 0.25) is 0 Å². The maximum absolute atomic E-state index is 11.6. The lowest BCUT2D eigenvalue weighted by molar-refractivity contribution is -0.139. The SMILES string of the molecule is COC(=O)Cc1nn(C)c2c1nnc1nc(-c3ccc(OC)cc3)nn12. The second kappa shape index (κ2) is 6.06. The van der Waals surface area contributed by atoms with E-state index in [1.54, 1.807) is 23.4 Å². The Bertz CT molecular complexity index is 1110. The molecule has 0 aliphatic heterocycles. The van der Waals surface area contributed by atoms with E-state index in [4.69, 9.17) is 9.47 Å². The van der Waals surface area contributed by atoms with E-state index in [2.05, 4.69) is 25.4 Å². The Morgan fingerprint density at radius 3 is 2.58 bits per heavy atom. The fourth-order valence-electron chi connectivity index (χ4n) is 2.69. The van der Waals surface area contributed by atoms with Crippen LogP contribution in [0, 0.1) is 0 Å². The number of ether oxygens (including phenoxy) is 2. The van der Waals surface area contributed by atoms with Crippen molar-refractivity contribution >= 4 is 22.9 Å². The number of benzene rings is 1. The largest absolute Gasteiger partial charge is 0.497 e. The highest BCUT2D eigenvalue weighted by molar-refractivity contribution is 5.81. The van der Waals surface area contributed by atoms with Gasteiger partial charge in [-0.3, -0.25) is 4.79 Å². The molecular weight excluding hydrogens is 338 g/mol. The summed E-state index contributed by atoms with van der Waals surface area (Å²) in [4.78, 5) is 16.0. The average Bonchev–Trinajstić information content (AvgIpc) is 3.23. The number of esters is 1. The number of rotatable bonds is 4. The van der Waals surface area contributed by atoms with Gasteiger partial charge in [0.05, 0.1) is 20.6 Å². The Kier molecular flexibility index (Phi) is 3.72. The normalized spacial score (nSPS) is 11.2. The van der Waals surface area contributed by atoms with E-state index in [0.29, 0.717) is 28.5 Å². The fraction of sp³-hybridized carbons (Fsp3) is 0.250. The van der Waals surface area contributed by atoms with E-state index in [1.165, 1.54) is 7.11 Å². The van der Waals surface area contributed by atoms with Gasteiger partial charge < -0.3 is 9.47 Å². The molecule has 0 radical (unpaired) electrons. The quantitative estimate of drug-likeness (QED) is 0.496. The van der Waals surface area contributed by atoms with Crippen LogP contribution in [0.25, 0.3) is 28.3 Å². The summed E-state index contributed by atoms with van der Waals surface area (Å²) in [6, 6.07) is 7.40. The second-order valence-corrected chi connectivity index (χ2v) is 5.57. The van der Waals surface area contributed by atoms with Gasteiger partial charge in [-0.05, 0) is 24.3 Å². The zero-order valence-electron chi connectivity index (χ0n) is 14.4. The van der Waals surface area contributed by atoms with Crippen LogP contribution in [0.4, 0.5) is 0 Å². The number of carbonyl (C=O) groups excluding carboxylic acids is 1. The van der Waals surface area contributed by atoms with Crippen molar-refractivity contribution in [2.75, 3.05) is 14.2 Å². The Morgan fingerprint density at radius 2 is 1.88 bits per heavy atom. The third kappa shape index (κ3) is 2.51. The van der Waals surface area contributed by atoms with Gasteiger partial charge in [0.15, 0.2) is 17.0 Å². The van der Waals surface area contributed by atoms with Crippen LogP contribution in [0.1, 0.15) is 5.69 Å². The summed E-state index contributed by atoms with van der Waals surface area (Å²) in [6.07, 6.45) is 0.00800. The molecule has 0 fully saturated rings. The lowest BCUT2D eigenvalue weighted by atomic mass is 10.2. The summed E-state index contributed by atoms with van der Waals surface area (Å²) in [6.45, 7) is 0. The molecule has 1 aromatic carbocycles. The Hall–Kier alpha value is -3.56. The highest BCUT2D eigenvalue weighted by Crippen LogP contribution is 2.22. The summed E-state index contributed by atoms with van der Waals surface area (Å²) in [5, 5.41) is 17.1. The number of nitrogens with zero attached hydrogens (tertiary/aromatic N) is 7. The van der Waals surface area contributed by atoms with Crippen LogP contribution < -0.4 is 4.74 Å². The first-order valence-electron chi connectivity index (χ1n) is 7.77. The molecule has 0 N–H and O–H groups in total. The maximum Gasteiger partial charge on any atom is 0.311 e. The van der Waals surface area contributed by atoms with Crippen molar-refractivity contribution in [1.82, 2.24) is 34.6 Å². The maximum atomic E-state index is 11.6. The van der Waals surface area contributed by atoms with Gasteiger partial charge in [-0.25, -0.2) is 4.68 Å². The first-order valence-corrected chi connectivity index (χ1v) is 7.77. The molecule has 0 saturated carbocycles. The highest BCUT2D eigenvalue weighted by atomic mass is 16.5. The topological polar surface area (TPSA) is 109 Å². The van der Waals surface area contributed by atoms with Crippen molar-refractivity contribution in [1.29, 1.82) is 0 Å². The summed E-state index contributed by atoms with van der Waals surface area (Å²) >= 11 is 0. The molecule has 0 saturated heterocycles. The summed E-state index contributed by atoms with van der Waals surface area (Å²) < 4.78 is 13.0. The molecule has 0 atom stereocenters. The van der Waals surface area contributed by atoms with Gasteiger partial charge in [-0.15, -0.1) is 15.3 Å². The smallest absolute Gasteiger partial charge is 0.311 e. The van der Waals surface area contributed by atoms with Gasteiger partial charge in [-0.2, -0.15) is 14.6 Å². The van der Waals surface area contributed by atoms with E-state index in [-0.39, 0.29) is 6.42 Å². The number of carbonyl (C=O) groups is 1. The molecule has 4 aromatic rings. The van der Waals surface area contributed by atoms with Crippen LogP contribution >= 0.6 is 0 Å². The van der Waals surface area contributed by atoms with Gasteiger partial charge >= 0.3 is 5.97 Å². The molecule has 26 heavy (non-hydrogen) atoms. The van der Waals surface area contributed by atoms with Gasteiger partial charge in [0.1, 0.15) is 11.4 Å². The molecular formula is C16H15N7O3. The highest BCUT2D eigenvalue weighted by Gasteiger charge is 2.19. The molecule has 0 aliphatic rings. The summed E-state index contributed by atoms with van der Waals surface area (Å²) in [5.41, 5.74) is 2.38. The molecule has 0 unspecified atom stereocenters. The van der Waals surface area contributed by atoms with Gasteiger partial charge in [-0.1, -0.05) is 0 Å². The predicted octanol–water partition coefficient (Wildman–Crippen LogP) is 0.797. The minimum atomic E-state index is -0.399. The second-order valence-electron chi connectivity index (χ2n) is 5.57. The minimum absolute atomic E-state index is 0.00800. The van der Waals surface area contributed by atoms with Crippen LogP contribution in [0.15, 0.2) is 24.3 Å². The van der Waals surface area contributed by atoms with Crippen LogP contribution in [0.3, 0.4) is 0 Å². The standard InChI is InChI=1S/C16H15N7O3/c1-22-15-13(11(20-22)8-12(24)26-3)18-19-16-17-14(21-23(15)16)9-4-6-10(25-2)7-5-9/h4-7H,8H2,1-3H3. The van der Waals surface area contributed by atoms with E-state index >= 15 is 0 Å². The van der Waals surface area contributed by atoms with Crippen molar-refractivity contribution in [3.05, 3.63) is 30.0 Å². The Morgan fingerprint density at radius 1 is 1.12 bits per heavy atom. The molecule has 0 amide bonds. The number of hydrogen-bond donors (Lipinski definition) is 0. The number of aromatic nitrogens is 7. The molecule has 10 heteroatoms. The predicted molar refractivity (Wildman–Crippen MR) is 90.6 cm³/mol. The van der Waals surface area contributed by atoms with E-state index < -0.39 is 5.97 Å². The number of fused-ring (bicyclic) bond motifs is 3. The molecule has 3 aromatic heterocycles. The molecule has 10 nitrogen and oxygen atoms in total. The van der Waals surface area contributed by atoms with Gasteiger partial charge in [0, 0.05) is 12.6 Å². The van der Waals surface area contributed by atoms with Crippen molar-refractivity contribution in [3.63, 3.8) is 0 Å². The molecule has 0 bridgehead atoms.